The van der Waals surface area contributed by atoms with Crippen LogP contribution in [0.1, 0.15) is 25.0 Å². The molecule has 0 unspecified atom stereocenters. The number of anilines is 9. The molecule has 2 heterocycles. The van der Waals surface area contributed by atoms with Gasteiger partial charge in [0, 0.05) is 39.9 Å². The fraction of sp³-hybridized carbons (Fsp3) is 0.0526. The van der Waals surface area contributed by atoms with Crippen LogP contribution in [0.5, 0.6) is 23.0 Å². The Labute approximate surface area is 361 Å². The molecule has 0 spiro atoms. The van der Waals surface area contributed by atoms with E-state index in [1.165, 1.54) is 22.3 Å². The zero-order valence-corrected chi connectivity index (χ0v) is 34.4. The van der Waals surface area contributed by atoms with Crippen molar-refractivity contribution in [2.45, 2.75) is 19.3 Å². The number of para-hydroxylation sites is 6. The van der Waals surface area contributed by atoms with E-state index in [0.717, 1.165) is 85.3 Å². The fourth-order valence-corrected chi connectivity index (χ4v) is 9.61. The van der Waals surface area contributed by atoms with Gasteiger partial charge in [-0.2, -0.15) is 0 Å². The van der Waals surface area contributed by atoms with Gasteiger partial charge in [0.2, 0.25) is 0 Å². The summed E-state index contributed by atoms with van der Waals surface area (Å²) < 4.78 is 13.3. The van der Waals surface area contributed by atoms with Crippen LogP contribution in [0.3, 0.4) is 0 Å². The van der Waals surface area contributed by atoms with Crippen LogP contribution in [-0.2, 0) is 5.41 Å². The highest BCUT2D eigenvalue weighted by Gasteiger charge is 2.36. The molecule has 5 nitrogen and oxygen atoms in total. The monoisotopic (exact) mass is 799 g/mol. The molecule has 0 aromatic heterocycles. The van der Waals surface area contributed by atoms with Crippen LogP contribution < -0.4 is 24.2 Å². The van der Waals surface area contributed by atoms with E-state index < -0.39 is 0 Å². The highest BCUT2D eigenvalue weighted by atomic mass is 16.5. The van der Waals surface area contributed by atoms with E-state index in [0.29, 0.717) is 0 Å². The van der Waals surface area contributed by atoms with Crippen molar-refractivity contribution >= 4 is 51.2 Å². The maximum atomic E-state index is 6.74. The van der Waals surface area contributed by atoms with E-state index in [1.54, 1.807) is 0 Å². The minimum Gasteiger partial charge on any atom is -0.453 e. The van der Waals surface area contributed by atoms with E-state index in [9.17, 15) is 0 Å². The fourth-order valence-electron chi connectivity index (χ4n) is 9.61. The predicted octanol–water partition coefficient (Wildman–Crippen LogP) is 16.3. The molecule has 0 saturated carbocycles. The summed E-state index contributed by atoms with van der Waals surface area (Å²) >= 11 is 0. The van der Waals surface area contributed by atoms with Crippen LogP contribution in [0.2, 0.25) is 0 Å². The molecule has 0 saturated heterocycles. The second kappa shape index (κ2) is 14.0. The van der Waals surface area contributed by atoms with Crippen molar-refractivity contribution in [3.05, 3.63) is 223 Å². The largest absolute Gasteiger partial charge is 0.453 e. The van der Waals surface area contributed by atoms with Gasteiger partial charge in [-0.15, -0.1) is 0 Å². The summed E-state index contributed by atoms with van der Waals surface area (Å²) in [6.07, 6.45) is 0. The molecule has 296 valence electrons. The Balaban J connectivity index is 0.961. The van der Waals surface area contributed by atoms with Crippen molar-refractivity contribution in [3.8, 4) is 45.3 Å². The van der Waals surface area contributed by atoms with E-state index in [1.807, 2.05) is 30.3 Å². The Bertz CT molecular complexity index is 3180. The molecule has 0 amide bonds. The summed E-state index contributed by atoms with van der Waals surface area (Å²) in [5.74, 6) is 3.26. The van der Waals surface area contributed by atoms with Crippen LogP contribution in [0, 0.1) is 0 Å². The zero-order chi connectivity index (χ0) is 41.4. The summed E-state index contributed by atoms with van der Waals surface area (Å²) in [6.45, 7) is 4.67. The minimum atomic E-state index is -0.151. The van der Waals surface area contributed by atoms with Crippen molar-refractivity contribution in [3.63, 3.8) is 0 Å². The quantitative estimate of drug-likeness (QED) is 0.167. The number of fused-ring (bicyclic) bond motifs is 7. The third kappa shape index (κ3) is 5.70. The number of ether oxygens (including phenoxy) is 2. The molecule has 3 aliphatic rings. The second-order valence-corrected chi connectivity index (χ2v) is 16.6. The molecule has 0 bridgehead atoms. The van der Waals surface area contributed by atoms with Crippen LogP contribution in [0.15, 0.2) is 212 Å². The van der Waals surface area contributed by atoms with Crippen molar-refractivity contribution < 1.29 is 9.47 Å². The molecule has 1 aliphatic carbocycles. The Morgan fingerprint density at radius 2 is 0.823 bits per heavy atom. The van der Waals surface area contributed by atoms with Crippen LogP contribution in [0.4, 0.5) is 51.2 Å². The lowest BCUT2D eigenvalue weighted by atomic mass is 9.82. The molecule has 2 aliphatic heterocycles. The van der Waals surface area contributed by atoms with Gasteiger partial charge < -0.3 is 24.2 Å². The van der Waals surface area contributed by atoms with Gasteiger partial charge in [0.05, 0.1) is 22.7 Å². The highest BCUT2D eigenvalue weighted by molar-refractivity contribution is 5.92. The zero-order valence-electron chi connectivity index (χ0n) is 34.4. The van der Waals surface area contributed by atoms with Crippen molar-refractivity contribution in [2.75, 3.05) is 14.7 Å². The number of nitrogens with zero attached hydrogens (tertiary/aromatic N) is 3. The minimum absolute atomic E-state index is 0.151. The third-order valence-electron chi connectivity index (χ3n) is 12.6. The molecule has 0 N–H and O–H groups in total. The molecule has 12 rings (SSSR count). The maximum absolute atomic E-state index is 6.74. The van der Waals surface area contributed by atoms with Crippen LogP contribution in [-0.4, -0.2) is 0 Å². The third-order valence-corrected chi connectivity index (χ3v) is 12.6. The molecule has 62 heavy (non-hydrogen) atoms. The number of rotatable bonds is 6. The van der Waals surface area contributed by atoms with E-state index in [4.69, 9.17) is 9.47 Å². The highest BCUT2D eigenvalue weighted by Crippen LogP contribution is 2.55. The Morgan fingerprint density at radius 3 is 1.48 bits per heavy atom. The first-order valence-corrected chi connectivity index (χ1v) is 21.2. The lowest BCUT2D eigenvalue weighted by Crippen LogP contribution is -2.18. The lowest BCUT2D eigenvalue weighted by Gasteiger charge is -2.34. The standard InChI is InChI=1S/C57H41N3O2/c1-57(2)47-20-10-9-19-45(47)46-32-30-43(36-48(46)57)58(44-31-34-52-56(37-44)62-54-24-14-12-22-50(54)60(52)41-17-7-4-8-18-41)42-28-25-38(26-29-42)39-27-33-51-55(35-39)61-53-23-13-11-21-49(53)59(51)40-15-5-3-6-16-40/h3-37H,1-2H3. The summed E-state index contributed by atoms with van der Waals surface area (Å²) in [5, 5.41) is 0. The molecular weight excluding hydrogens is 759 g/mol. The van der Waals surface area contributed by atoms with Crippen molar-refractivity contribution in [2.24, 2.45) is 0 Å². The van der Waals surface area contributed by atoms with Crippen molar-refractivity contribution in [1.82, 2.24) is 0 Å². The maximum Gasteiger partial charge on any atom is 0.153 e. The van der Waals surface area contributed by atoms with Crippen molar-refractivity contribution in [1.29, 1.82) is 0 Å². The molecule has 9 aromatic rings. The van der Waals surface area contributed by atoms with E-state index >= 15 is 0 Å². The summed E-state index contributed by atoms with van der Waals surface area (Å²) in [7, 11) is 0. The molecule has 9 aromatic carbocycles. The van der Waals surface area contributed by atoms with Gasteiger partial charge in [-0.1, -0.05) is 123 Å². The molecule has 0 fully saturated rings. The predicted molar refractivity (Wildman–Crippen MR) is 254 cm³/mol. The Morgan fingerprint density at radius 1 is 0.355 bits per heavy atom. The SMILES string of the molecule is CC1(C)c2ccccc2-c2ccc(N(c3ccc(-c4ccc5c(c4)Oc4ccccc4N5c4ccccc4)cc3)c3ccc4c(c3)Oc3ccccc3N4c3ccccc3)cc21. The summed E-state index contributed by atoms with van der Waals surface area (Å²) in [4.78, 5) is 6.91. The first-order valence-electron chi connectivity index (χ1n) is 21.2. The summed E-state index contributed by atoms with van der Waals surface area (Å²) in [6, 6.07) is 75.2. The second-order valence-electron chi connectivity index (χ2n) is 16.6. The Kier molecular flexibility index (Phi) is 8.12. The summed E-state index contributed by atoms with van der Waals surface area (Å²) in [5.41, 5.74) is 16.6. The molecule has 5 heteroatoms. The number of benzene rings is 9. The lowest BCUT2D eigenvalue weighted by molar-refractivity contribution is 0.477. The van der Waals surface area contributed by atoms with Gasteiger partial charge in [-0.3, -0.25) is 0 Å². The number of hydrogen-bond acceptors (Lipinski definition) is 5. The topological polar surface area (TPSA) is 28.2 Å². The van der Waals surface area contributed by atoms with Gasteiger partial charge in [0.15, 0.2) is 23.0 Å². The van der Waals surface area contributed by atoms with E-state index in [2.05, 4.69) is 211 Å². The van der Waals surface area contributed by atoms with Gasteiger partial charge in [-0.25, -0.2) is 0 Å². The van der Waals surface area contributed by atoms with Gasteiger partial charge in [0.25, 0.3) is 0 Å². The van der Waals surface area contributed by atoms with E-state index in [-0.39, 0.29) is 5.41 Å². The number of hydrogen-bond donors (Lipinski definition) is 0. The van der Waals surface area contributed by atoms with Crippen LogP contribution >= 0.6 is 0 Å². The van der Waals surface area contributed by atoms with Gasteiger partial charge >= 0.3 is 0 Å². The molecule has 0 radical (unpaired) electrons. The molecule has 0 atom stereocenters. The first kappa shape index (κ1) is 35.9. The van der Waals surface area contributed by atoms with Crippen LogP contribution in [0.25, 0.3) is 22.3 Å². The molecular formula is C57H41N3O2. The normalized spacial score (nSPS) is 13.6. The Hall–Kier alpha value is -8.02. The average molecular weight is 800 g/mol. The first-order chi connectivity index (χ1) is 30.5. The smallest absolute Gasteiger partial charge is 0.153 e. The van der Waals surface area contributed by atoms with Gasteiger partial charge in [-0.05, 0) is 130 Å². The average Bonchev–Trinajstić information content (AvgIpc) is 3.55. The van der Waals surface area contributed by atoms with Gasteiger partial charge in [0.1, 0.15) is 0 Å².